The van der Waals surface area contributed by atoms with E-state index >= 15 is 0 Å². The van der Waals surface area contributed by atoms with E-state index in [9.17, 15) is 4.79 Å². The van der Waals surface area contributed by atoms with Gasteiger partial charge in [0.05, 0.1) is 16.3 Å². The Balaban J connectivity index is 1.64. The zero-order chi connectivity index (χ0) is 16.7. The summed E-state index contributed by atoms with van der Waals surface area (Å²) in [6.07, 6.45) is 8.82. The molecule has 1 atom stereocenters. The van der Waals surface area contributed by atoms with E-state index in [1.54, 1.807) is 12.3 Å². The van der Waals surface area contributed by atoms with Gasteiger partial charge in [-0.3, -0.25) is 9.78 Å². The predicted molar refractivity (Wildman–Crippen MR) is 90.8 cm³/mol. The minimum Gasteiger partial charge on any atom is -0.368 e. The van der Waals surface area contributed by atoms with Gasteiger partial charge in [0.15, 0.2) is 0 Å². The second-order valence-corrected chi connectivity index (χ2v) is 7.04. The number of fused-ring (bicyclic) bond motifs is 2. The van der Waals surface area contributed by atoms with Gasteiger partial charge in [0.2, 0.25) is 5.95 Å². The number of hydrogen-bond donors (Lipinski definition) is 1. The Bertz CT molecular complexity index is 807. The number of aryl methyl sites for hydroxylation is 1. The summed E-state index contributed by atoms with van der Waals surface area (Å²) in [5, 5.41) is 0.472. The molecule has 2 N–H and O–H groups in total. The molecule has 4 rings (SSSR count). The van der Waals surface area contributed by atoms with Crippen molar-refractivity contribution >= 4 is 23.5 Å². The number of carbonyl (C=O) groups excluding carboxylic acids is 1. The highest BCUT2D eigenvalue weighted by atomic mass is 35.5. The number of nitrogens with two attached hydrogens (primary N) is 1. The van der Waals surface area contributed by atoms with Crippen LogP contribution in [-0.4, -0.2) is 38.8 Å². The third-order valence-electron chi connectivity index (χ3n) is 5.07. The molecule has 7 heteroatoms. The number of nitrogens with zero attached hydrogens (tertiary/aromatic N) is 4. The van der Waals surface area contributed by atoms with Crippen LogP contribution in [0.1, 0.15) is 40.9 Å². The fourth-order valence-electron chi connectivity index (χ4n) is 3.97. The van der Waals surface area contributed by atoms with Gasteiger partial charge >= 0.3 is 0 Å². The van der Waals surface area contributed by atoms with E-state index in [0.717, 1.165) is 43.5 Å². The Kier molecular flexibility index (Phi) is 3.64. The quantitative estimate of drug-likeness (QED) is 0.858. The highest BCUT2D eigenvalue weighted by Crippen LogP contribution is 2.44. The van der Waals surface area contributed by atoms with Crippen LogP contribution >= 0.6 is 11.6 Å². The van der Waals surface area contributed by atoms with Crippen LogP contribution in [0.25, 0.3) is 0 Å². The standard InChI is InChI=1S/C17H18ClN5O/c18-13-6-12(7-20-9-13)15(24)23-5-1-3-17(10-23)4-2-11-8-21-16(19)22-14(11)17/h6-9H,1-5,10H2,(H2,19,21,22). The molecule has 1 unspecified atom stereocenters. The smallest absolute Gasteiger partial charge is 0.255 e. The molecule has 2 aliphatic rings. The monoisotopic (exact) mass is 343 g/mol. The number of hydrogen-bond acceptors (Lipinski definition) is 5. The maximum Gasteiger partial charge on any atom is 0.255 e. The average molecular weight is 344 g/mol. The van der Waals surface area contributed by atoms with Crippen LogP contribution in [0.3, 0.4) is 0 Å². The number of pyridine rings is 1. The van der Waals surface area contributed by atoms with Gasteiger partial charge in [0.25, 0.3) is 5.91 Å². The fourth-order valence-corrected chi connectivity index (χ4v) is 4.14. The normalized spacial score (nSPS) is 22.6. The SMILES string of the molecule is Nc1ncc2c(n1)C1(CCCN(C(=O)c3cncc(Cl)c3)C1)CC2. The maximum atomic E-state index is 12.8. The second kappa shape index (κ2) is 5.70. The molecule has 1 fully saturated rings. The van der Waals surface area contributed by atoms with Crippen LogP contribution in [0.15, 0.2) is 24.7 Å². The summed E-state index contributed by atoms with van der Waals surface area (Å²) in [7, 11) is 0. The van der Waals surface area contributed by atoms with Gasteiger partial charge < -0.3 is 10.6 Å². The van der Waals surface area contributed by atoms with Gasteiger partial charge in [-0.25, -0.2) is 9.97 Å². The number of carbonyl (C=O) groups is 1. The minimum absolute atomic E-state index is 0.0282. The lowest BCUT2D eigenvalue weighted by Gasteiger charge is -2.40. The Morgan fingerprint density at radius 2 is 2.17 bits per heavy atom. The van der Waals surface area contributed by atoms with Crippen LogP contribution in [0, 0.1) is 0 Å². The molecule has 124 valence electrons. The summed E-state index contributed by atoms with van der Waals surface area (Å²) in [5.74, 6) is 0.275. The van der Waals surface area contributed by atoms with Crippen molar-refractivity contribution in [2.24, 2.45) is 0 Å². The molecule has 1 aliphatic heterocycles. The predicted octanol–water partition coefficient (Wildman–Crippen LogP) is 2.23. The van der Waals surface area contributed by atoms with E-state index < -0.39 is 0 Å². The Morgan fingerprint density at radius 3 is 3.00 bits per heavy atom. The van der Waals surface area contributed by atoms with Crippen LogP contribution < -0.4 is 5.73 Å². The average Bonchev–Trinajstić information content (AvgIpc) is 2.92. The summed E-state index contributed by atoms with van der Waals surface area (Å²) in [4.78, 5) is 27.4. The maximum absolute atomic E-state index is 12.8. The molecule has 0 radical (unpaired) electrons. The highest BCUT2D eigenvalue weighted by Gasteiger charge is 2.44. The van der Waals surface area contributed by atoms with Gasteiger partial charge in [-0.2, -0.15) is 0 Å². The molecular formula is C17H18ClN5O. The zero-order valence-electron chi connectivity index (χ0n) is 13.2. The second-order valence-electron chi connectivity index (χ2n) is 6.60. The molecule has 0 aromatic carbocycles. The van der Waals surface area contributed by atoms with Crippen LogP contribution in [0.4, 0.5) is 5.95 Å². The topological polar surface area (TPSA) is 85.0 Å². The third-order valence-corrected chi connectivity index (χ3v) is 5.28. The molecule has 1 saturated heterocycles. The first kappa shape index (κ1) is 15.3. The van der Waals surface area contributed by atoms with Gasteiger partial charge in [-0.1, -0.05) is 11.6 Å². The molecule has 1 amide bonds. The van der Waals surface area contributed by atoms with Gasteiger partial charge in [-0.15, -0.1) is 0 Å². The summed E-state index contributed by atoms with van der Waals surface area (Å²) < 4.78 is 0. The first-order chi connectivity index (χ1) is 11.6. The van der Waals surface area contributed by atoms with E-state index in [4.69, 9.17) is 17.3 Å². The number of piperidine rings is 1. The third kappa shape index (κ3) is 2.51. The van der Waals surface area contributed by atoms with E-state index in [0.29, 0.717) is 23.1 Å². The van der Waals surface area contributed by atoms with Crippen molar-refractivity contribution in [2.45, 2.75) is 31.1 Å². The summed E-state index contributed by atoms with van der Waals surface area (Å²) in [5.41, 5.74) is 8.40. The lowest BCUT2D eigenvalue weighted by atomic mass is 9.77. The lowest BCUT2D eigenvalue weighted by Crippen LogP contribution is -2.48. The molecule has 24 heavy (non-hydrogen) atoms. The van der Waals surface area contributed by atoms with Crippen molar-refractivity contribution in [3.63, 3.8) is 0 Å². The molecular weight excluding hydrogens is 326 g/mol. The number of aromatic nitrogens is 3. The van der Waals surface area contributed by atoms with Crippen molar-refractivity contribution in [1.29, 1.82) is 0 Å². The zero-order valence-corrected chi connectivity index (χ0v) is 14.0. The first-order valence-corrected chi connectivity index (χ1v) is 8.47. The molecule has 0 saturated carbocycles. The Hall–Kier alpha value is -2.21. The van der Waals surface area contributed by atoms with Crippen molar-refractivity contribution in [2.75, 3.05) is 18.8 Å². The van der Waals surface area contributed by atoms with Crippen LogP contribution in [0.2, 0.25) is 5.02 Å². The van der Waals surface area contributed by atoms with Crippen molar-refractivity contribution < 1.29 is 4.79 Å². The van der Waals surface area contributed by atoms with E-state index in [1.807, 2.05) is 11.1 Å². The van der Waals surface area contributed by atoms with Gasteiger partial charge in [0, 0.05) is 37.1 Å². The van der Waals surface area contributed by atoms with E-state index in [1.165, 1.54) is 6.20 Å². The van der Waals surface area contributed by atoms with Gasteiger partial charge in [-0.05, 0) is 37.3 Å². The molecule has 1 aliphatic carbocycles. The molecule has 2 aromatic rings. The summed E-state index contributed by atoms with van der Waals surface area (Å²) in [6.45, 7) is 1.39. The number of rotatable bonds is 1. The summed E-state index contributed by atoms with van der Waals surface area (Å²) >= 11 is 5.97. The molecule has 3 heterocycles. The number of anilines is 1. The van der Waals surface area contributed by atoms with E-state index in [2.05, 4.69) is 15.0 Å². The first-order valence-electron chi connectivity index (χ1n) is 8.09. The number of halogens is 1. The number of amides is 1. The lowest BCUT2D eigenvalue weighted by molar-refractivity contribution is 0.0633. The van der Waals surface area contributed by atoms with Crippen molar-refractivity contribution in [3.8, 4) is 0 Å². The molecule has 2 aromatic heterocycles. The Morgan fingerprint density at radius 1 is 1.29 bits per heavy atom. The highest BCUT2D eigenvalue weighted by molar-refractivity contribution is 6.30. The number of likely N-dealkylation sites (tertiary alicyclic amines) is 1. The largest absolute Gasteiger partial charge is 0.368 e. The van der Waals surface area contributed by atoms with Crippen molar-refractivity contribution in [1.82, 2.24) is 19.9 Å². The van der Waals surface area contributed by atoms with E-state index in [-0.39, 0.29) is 11.3 Å². The summed E-state index contributed by atoms with van der Waals surface area (Å²) in [6, 6.07) is 1.67. The molecule has 6 nitrogen and oxygen atoms in total. The molecule has 0 bridgehead atoms. The fraction of sp³-hybridized carbons (Fsp3) is 0.412. The van der Waals surface area contributed by atoms with Crippen molar-refractivity contribution in [3.05, 3.63) is 46.5 Å². The molecule has 1 spiro atoms. The number of nitrogen functional groups attached to an aromatic ring is 1. The minimum atomic E-state index is -0.105. The Labute approximate surface area is 145 Å². The van der Waals surface area contributed by atoms with Crippen LogP contribution in [-0.2, 0) is 11.8 Å². The van der Waals surface area contributed by atoms with Crippen LogP contribution in [0.5, 0.6) is 0 Å². The van der Waals surface area contributed by atoms with Gasteiger partial charge in [0.1, 0.15) is 0 Å².